The van der Waals surface area contributed by atoms with Gasteiger partial charge in [-0.3, -0.25) is 14.6 Å². The van der Waals surface area contributed by atoms with Crippen LogP contribution in [0.25, 0.3) is 10.2 Å². The molecular formula is C20H20F3N3O3S2. The average Bonchev–Trinajstić information content (AvgIpc) is 3.37. The predicted molar refractivity (Wildman–Crippen MR) is 114 cm³/mol. The van der Waals surface area contributed by atoms with Crippen LogP contribution in [-0.2, 0) is 16.0 Å². The molecule has 0 spiro atoms. The van der Waals surface area contributed by atoms with Gasteiger partial charge in [-0.2, -0.15) is 0 Å². The number of alkyl halides is 3. The number of carbonyl (C=O) groups is 1. The van der Waals surface area contributed by atoms with Crippen molar-refractivity contribution >= 4 is 43.9 Å². The number of hydrogen-bond donors (Lipinski definition) is 0. The van der Waals surface area contributed by atoms with Gasteiger partial charge in [0.1, 0.15) is 5.75 Å². The Morgan fingerprint density at radius 3 is 2.77 bits per heavy atom. The summed E-state index contributed by atoms with van der Waals surface area (Å²) in [5, 5.41) is 2.38. The van der Waals surface area contributed by atoms with Crippen molar-refractivity contribution in [3.8, 4) is 5.75 Å². The van der Waals surface area contributed by atoms with Crippen molar-refractivity contribution in [1.82, 2.24) is 9.88 Å². The smallest absolute Gasteiger partial charge is 0.406 e. The van der Waals surface area contributed by atoms with Gasteiger partial charge in [-0.15, -0.1) is 24.5 Å². The first-order valence-electron chi connectivity index (χ1n) is 9.66. The van der Waals surface area contributed by atoms with Crippen LogP contribution in [0.3, 0.4) is 0 Å². The molecule has 11 heteroatoms. The molecule has 3 aromatic rings. The Kier molecular flexibility index (Phi) is 6.75. The van der Waals surface area contributed by atoms with E-state index in [-0.39, 0.29) is 18.1 Å². The van der Waals surface area contributed by atoms with Crippen LogP contribution in [0.4, 0.5) is 18.3 Å². The Morgan fingerprint density at radius 1 is 1.26 bits per heavy atom. The largest absolute Gasteiger partial charge is 0.573 e. The van der Waals surface area contributed by atoms with Crippen molar-refractivity contribution in [2.24, 2.45) is 0 Å². The van der Waals surface area contributed by atoms with Crippen LogP contribution in [-0.4, -0.2) is 61.5 Å². The molecule has 31 heavy (non-hydrogen) atoms. The zero-order valence-electron chi connectivity index (χ0n) is 16.4. The predicted octanol–water partition coefficient (Wildman–Crippen LogP) is 4.16. The van der Waals surface area contributed by atoms with E-state index < -0.39 is 6.36 Å². The lowest BCUT2D eigenvalue weighted by Gasteiger charge is -2.29. The Bertz CT molecular complexity index is 1020. The maximum Gasteiger partial charge on any atom is 0.573 e. The number of ether oxygens (including phenoxy) is 2. The third-order valence-electron chi connectivity index (χ3n) is 4.76. The van der Waals surface area contributed by atoms with Gasteiger partial charge in [0, 0.05) is 37.1 Å². The summed E-state index contributed by atoms with van der Waals surface area (Å²) >= 11 is 2.69. The molecule has 0 bridgehead atoms. The molecule has 1 fully saturated rings. The second-order valence-electron chi connectivity index (χ2n) is 6.93. The molecule has 1 aliphatic heterocycles. The summed E-state index contributed by atoms with van der Waals surface area (Å²) in [6.07, 6.45) is -4.51. The molecule has 0 saturated carbocycles. The summed E-state index contributed by atoms with van der Waals surface area (Å²) in [5.41, 5.74) is 0.523. The molecule has 0 N–H and O–H groups in total. The molecule has 6 nitrogen and oxygen atoms in total. The molecule has 0 atom stereocenters. The Balaban J connectivity index is 1.56. The third kappa shape index (κ3) is 5.94. The SMILES string of the molecule is O=C(Cc1cccs1)N(CCN1CCOCC1)c1nc2ccc(OC(F)(F)F)cc2s1. The highest BCUT2D eigenvalue weighted by Crippen LogP contribution is 2.33. The minimum Gasteiger partial charge on any atom is -0.406 e. The van der Waals surface area contributed by atoms with Gasteiger partial charge in [-0.1, -0.05) is 17.4 Å². The van der Waals surface area contributed by atoms with Crippen molar-refractivity contribution in [2.45, 2.75) is 12.8 Å². The van der Waals surface area contributed by atoms with Crippen LogP contribution in [0.2, 0.25) is 0 Å². The van der Waals surface area contributed by atoms with Crippen molar-refractivity contribution in [1.29, 1.82) is 0 Å². The molecule has 4 rings (SSSR count). The summed E-state index contributed by atoms with van der Waals surface area (Å²) < 4.78 is 47.5. The minimum atomic E-state index is -4.76. The first kappa shape index (κ1) is 22.0. The number of aromatic nitrogens is 1. The van der Waals surface area contributed by atoms with E-state index in [2.05, 4.69) is 14.6 Å². The van der Waals surface area contributed by atoms with Crippen molar-refractivity contribution < 1.29 is 27.4 Å². The number of thiazole rings is 1. The maximum absolute atomic E-state index is 13.1. The normalized spacial score (nSPS) is 15.3. The fourth-order valence-corrected chi connectivity index (χ4v) is 4.99. The van der Waals surface area contributed by atoms with E-state index in [9.17, 15) is 18.0 Å². The van der Waals surface area contributed by atoms with Crippen molar-refractivity contribution in [3.05, 3.63) is 40.6 Å². The van der Waals surface area contributed by atoms with Crippen LogP contribution in [0, 0.1) is 0 Å². The summed E-state index contributed by atoms with van der Waals surface area (Å²) in [6, 6.07) is 7.80. The second-order valence-corrected chi connectivity index (χ2v) is 8.97. The van der Waals surface area contributed by atoms with Crippen LogP contribution in [0.15, 0.2) is 35.7 Å². The lowest BCUT2D eigenvalue weighted by Crippen LogP contribution is -2.43. The first-order chi connectivity index (χ1) is 14.9. The fraction of sp³-hybridized carbons (Fsp3) is 0.400. The molecule has 1 amide bonds. The second kappa shape index (κ2) is 9.51. The van der Waals surface area contributed by atoms with Crippen LogP contribution < -0.4 is 9.64 Å². The number of amides is 1. The van der Waals surface area contributed by atoms with E-state index in [1.54, 1.807) is 4.90 Å². The lowest BCUT2D eigenvalue weighted by molar-refractivity contribution is -0.274. The van der Waals surface area contributed by atoms with Crippen molar-refractivity contribution in [3.63, 3.8) is 0 Å². The van der Waals surface area contributed by atoms with E-state index in [4.69, 9.17) is 4.74 Å². The maximum atomic E-state index is 13.1. The Labute approximate surface area is 184 Å². The molecule has 0 unspecified atom stereocenters. The lowest BCUT2D eigenvalue weighted by atomic mass is 10.3. The van der Waals surface area contributed by atoms with E-state index in [1.165, 1.54) is 40.9 Å². The van der Waals surface area contributed by atoms with Gasteiger partial charge in [0.05, 0.1) is 29.9 Å². The molecule has 1 aliphatic rings. The van der Waals surface area contributed by atoms with E-state index in [1.807, 2.05) is 17.5 Å². The van der Waals surface area contributed by atoms with Gasteiger partial charge in [0.15, 0.2) is 5.13 Å². The quantitative estimate of drug-likeness (QED) is 0.518. The van der Waals surface area contributed by atoms with Gasteiger partial charge < -0.3 is 9.47 Å². The Hall–Kier alpha value is -2.21. The topological polar surface area (TPSA) is 54.9 Å². The number of benzene rings is 1. The minimum absolute atomic E-state index is 0.0958. The molecule has 0 aliphatic carbocycles. The van der Waals surface area contributed by atoms with Gasteiger partial charge in [0.2, 0.25) is 5.91 Å². The molecule has 1 saturated heterocycles. The van der Waals surface area contributed by atoms with Crippen molar-refractivity contribution in [2.75, 3.05) is 44.3 Å². The Morgan fingerprint density at radius 2 is 2.06 bits per heavy atom. The number of fused-ring (bicyclic) bond motifs is 1. The van der Waals surface area contributed by atoms with Gasteiger partial charge >= 0.3 is 6.36 Å². The van der Waals surface area contributed by atoms with Crippen LogP contribution >= 0.6 is 22.7 Å². The monoisotopic (exact) mass is 471 g/mol. The number of carbonyl (C=O) groups excluding carboxylic acids is 1. The van der Waals surface area contributed by atoms with Gasteiger partial charge in [-0.25, -0.2) is 4.98 Å². The summed E-state index contributed by atoms with van der Waals surface area (Å²) in [4.78, 5) is 22.4. The molecule has 1 aromatic carbocycles. The summed E-state index contributed by atoms with van der Waals surface area (Å²) in [7, 11) is 0. The first-order valence-corrected chi connectivity index (χ1v) is 11.4. The van der Waals surface area contributed by atoms with E-state index >= 15 is 0 Å². The highest BCUT2D eigenvalue weighted by atomic mass is 32.1. The number of morpholine rings is 1. The molecular weight excluding hydrogens is 451 g/mol. The molecule has 3 heterocycles. The zero-order valence-corrected chi connectivity index (χ0v) is 18.1. The highest BCUT2D eigenvalue weighted by Gasteiger charge is 2.31. The molecule has 166 valence electrons. The average molecular weight is 472 g/mol. The fourth-order valence-electron chi connectivity index (χ4n) is 3.26. The third-order valence-corrected chi connectivity index (χ3v) is 6.68. The van der Waals surface area contributed by atoms with Gasteiger partial charge in [0.25, 0.3) is 0 Å². The number of thiophene rings is 1. The number of halogens is 3. The summed E-state index contributed by atoms with van der Waals surface area (Å²) in [5.74, 6) is -0.401. The number of nitrogens with zero attached hydrogens (tertiary/aromatic N) is 3. The number of anilines is 1. The molecule has 0 radical (unpaired) electrons. The zero-order chi connectivity index (χ0) is 21.8. The van der Waals surface area contributed by atoms with Gasteiger partial charge in [-0.05, 0) is 23.6 Å². The molecule has 2 aromatic heterocycles. The van der Waals surface area contributed by atoms with E-state index in [0.29, 0.717) is 41.7 Å². The highest BCUT2D eigenvalue weighted by molar-refractivity contribution is 7.22. The van der Waals surface area contributed by atoms with Crippen LogP contribution in [0.5, 0.6) is 5.75 Å². The van der Waals surface area contributed by atoms with Crippen LogP contribution in [0.1, 0.15) is 4.88 Å². The summed E-state index contributed by atoms with van der Waals surface area (Å²) in [6.45, 7) is 4.02. The standard InChI is InChI=1S/C20H20F3N3O3S2/c21-20(22,23)29-14-3-4-16-17(12-14)31-19(24-16)26(6-5-25-7-9-28-10-8-25)18(27)13-15-2-1-11-30-15/h1-4,11-12H,5-10,13H2. The number of rotatable bonds is 7. The van der Waals surface area contributed by atoms with E-state index in [0.717, 1.165) is 18.0 Å². The number of hydrogen-bond acceptors (Lipinski definition) is 7.